The molecule has 0 aliphatic heterocycles. The summed E-state index contributed by atoms with van der Waals surface area (Å²) in [6.45, 7) is 8.81. The molecule has 0 aromatic rings. The highest BCUT2D eigenvalue weighted by molar-refractivity contribution is 5.79. The quantitative estimate of drug-likeness (QED) is 0.448. The molecule has 60 valence electrons. The fourth-order valence-corrected chi connectivity index (χ4v) is 0.667. The largest absolute Gasteiger partial charge is 0.357 e. The second kappa shape index (κ2) is 6.39. The smallest absolute Gasteiger partial charge is 0.191 e. The Balaban J connectivity index is 3.60. The molecule has 0 aliphatic rings. The summed E-state index contributed by atoms with van der Waals surface area (Å²) in [5.74, 6) is 0.910. The van der Waals surface area contributed by atoms with E-state index in [2.05, 4.69) is 29.5 Å². The van der Waals surface area contributed by atoms with Crippen molar-refractivity contribution in [2.75, 3.05) is 19.6 Å². The third-order valence-corrected chi connectivity index (χ3v) is 1.00. The molecule has 0 fully saturated rings. The average molecular weight is 143 g/mol. The van der Waals surface area contributed by atoms with Crippen LogP contribution >= 0.6 is 0 Å². The highest BCUT2D eigenvalue weighted by atomic mass is 15.2. The molecule has 0 saturated heterocycles. The van der Waals surface area contributed by atoms with Crippen LogP contribution in [-0.4, -0.2) is 25.6 Å². The Hall–Kier alpha value is -0.730. The average Bonchev–Trinajstić information content (AvgIpc) is 1.90. The van der Waals surface area contributed by atoms with Crippen LogP contribution in [0.25, 0.3) is 0 Å². The summed E-state index contributed by atoms with van der Waals surface area (Å²) < 4.78 is 0. The van der Waals surface area contributed by atoms with E-state index in [1.54, 1.807) is 0 Å². The van der Waals surface area contributed by atoms with Gasteiger partial charge in [-0.15, -0.1) is 0 Å². The van der Waals surface area contributed by atoms with Gasteiger partial charge in [0.2, 0.25) is 0 Å². The van der Waals surface area contributed by atoms with Crippen LogP contribution in [0.4, 0.5) is 0 Å². The molecule has 0 spiro atoms. The van der Waals surface area contributed by atoms with E-state index >= 15 is 0 Å². The van der Waals surface area contributed by atoms with Gasteiger partial charge in [-0.1, -0.05) is 0 Å². The molecule has 0 rings (SSSR count). The van der Waals surface area contributed by atoms with Crippen molar-refractivity contribution >= 4 is 5.96 Å². The summed E-state index contributed by atoms with van der Waals surface area (Å²) in [6, 6.07) is 0. The lowest BCUT2D eigenvalue weighted by Crippen LogP contribution is -2.36. The second-order valence-corrected chi connectivity index (χ2v) is 1.88. The minimum atomic E-state index is 0.829. The first kappa shape index (κ1) is 9.27. The van der Waals surface area contributed by atoms with Crippen LogP contribution in [0.1, 0.15) is 20.8 Å². The van der Waals surface area contributed by atoms with Crippen LogP contribution < -0.4 is 10.6 Å². The Kier molecular flexibility index (Phi) is 5.92. The Morgan fingerprint density at radius 2 is 1.60 bits per heavy atom. The van der Waals surface area contributed by atoms with E-state index < -0.39 is 0 Å². The SMILES string of the molecule is CCN=C(NCC)NCC. The molecular weight excluding hydrogens is 126 g/mol. The van der Waals surface area contributed by atoms with Crippen molar-refractivity contribution in [1.29, 1.82) is 0 Å². The van der Waals surface area contributed by atoms with Gasteiger partial charge < -0.3 is 10.6 Å². The number of nitrogens with one attached hydrogen (secondary N) is 2. The fraction of sp³-hybridized carbons (Fsp3) is 0.857. The van der Waals surface area contributed by atoms with Crippen molar-refractivity contribution < 1.29 is 0 Å². The van der Waals surface area contributed by atoms with Crippen molar-refractivity contribution in [1.82, 2.24) is 10.6 Å². The number of rotatable bonds is 3. The van der Waals surface area contributed by atoms with Gasteiger partial charge in [0, 0.05) is 19.6 Å². The zero-order valence-electron chi connectivity index (χ0n) is 7.07. The van der Waals surface area contributed by atoms with Gasteiger partial charge in [-0.3, -0.25) is 4.99 Å². The fourth-order valence-electron chi connectivity index (χ4n) is 0.667. The summed E-state index contributed by atoms with van der Waals surface area (Å²) in [6.07, 6.45) is 0. The molecule has 0 amide bonds. The molecule has 0 bridgehead atoms. The van der Waals surface area contributed by atoms with E-state index in [9.17, 15) is 0 Å². The predicted octanol–water partition coefficient (Wildman–Crippen LogP) is 0.581. The van der Waals surface area contributed by atoms with Crippen LogP contribution in [0, 0.1) is 0 Å². The molecule has 3 heteroatoms. The van der Waals surface area contributed by atoms with Gasteiger partial charge in [-0.25, -0.2) is 0 Å². The molecule has 10 heavy (non-hydrogen) atoms. The molecule has 3 nitrogen and oxygen atoms in total. The highest BCUT2D eigenvalue weighted by Gasteiger charge is 1.89. The second-order valence-electron chi connectivity index (χ2n) is 1.88. The first-order chi connectivity index (χ1) is 4.85. The van der Waals surface area contributed by atoms with E-state index in [0.717, 1.165) is 25.6 Å². The highest BCUT2D eigenvalue weighted by Crippen LogP contribution is 1.69. The molecule has 0 aromatic heterocycles. The molecule has 0 atom stereocenters. The molecule has 0 unspecified atom stereocenters. The Morgan fingerprint density at radius 3 is 1.90 bits per heavy atom. The normalized spacial score (nSPS) is 8.70. The van der Waals surface area contributed by atoms with Gasteiger partial charge in [-0.05, 0) is 20.8 Å². The number of hydrogen-bond acceptors (Lipinski definition) is 1. The van der Waals surface area contributed by atoms with E-state index in [1.165, 1.54) is 0 Å². The number of guanidine groups is 1. The van der Waals surface area contributed by atoms with Crippen molar-refractivity contribution in [2.45, 2.75) is 20.8 Å². The van der Waals surface area contributed by atoms with Crippen molar-refractivity contribution in [3.05, 3.63) is 0 Å². The lowest BCUT2D eigenvalue weighted by molar-refractivity contribution is 0.845. The van der Waals surface area contributed by atoms with E-state index in [4.69, 9.17) is 0 Å². The van der Waals surface area contributed by atoms with Crippen LogP contribution in [0.5, 0.6) is 0 Å². The summed E-state index contributed by atoms with van der Waals surface area (Å²) in [5, 5.41) is 6.25. The minimum Gasteiger partial charge on any atom is -0.357 e. The number of nitrogens with zero attached hydrogens (tertiary/aromatic N) is 1. The van der Waals surface area contributed by atoms with Gasteiger partial charge in [0.1, 0.15) is 0 Å². The van der Waals surface area contributed by atoms with Gasteiger partial charge in [0.15, 0.2) is 5.96 Å². The molecule has 0 aliphatic carbocycles. The van der Waals surface area contributed by atoms with Crippen molar-refractivity contribution in [3.63, 3.8) is 0 Å². The van der Waals surface area contributed by atoms with Gasteiger partial charge in [0.25, 0.3) is 0 Å². The first-order valence-corrected chi connectivity index (χ1v) is 3.87. The third-order valence-electron chi connectivity index (χ3n) is 1.00. The molecule has 0 radical (unpaired) electrons. The molecule has 2 N–H and O–H groups in total. The zero-order chi connectivity index (χ0) is 7.82. The monoisotopic (exact) mass is 143 g/mol. The maximum atomic E-state index is 4.20. The van der Waals surface area contributed by atoms with Crippen LogP contribution in [0.3, 0.4) is 0 Å². The van der Waals surface area contributed by atoms with Gasteiger partial charge >= 0.3 is 0 Å². The standard InChI is InChI=1S/C7H17N3/c1-4-8-7(9-5-2)10-6-3/h4-6H2,1-3H3,(H2,8,9,10). The topological polar surface area (TPSA) is 36.4 Å². The van der Waals surface area contributed by atoms with Gasteiger partial charge in [-0.2, -0.15) is 0 Å². The molecule has 0 saturated carbocycles. The summed E-state index contributed by atoms with van der Waals surface area (Å²) in [7, 11) is 0. The Bertz CT molecular complexity index is 91.0. The minimum absolute atomic E-state index is 0.829. The predicted molar refractivity (Wildman–Crippen MR) is 45.3 cm³/mol. The van der Waals surface area contributed by atoms with Crippen molar-refractivity contribution in [3.8, 4) is 0 Å². The zero-order valence-corrected chi connectivity index (χ0v) is 7.07. The lowest BCUT2D eigenvalue weighted by atomic mass is 10.6. The van der Waals surface area contributed by atoms with Crippen LogP contribution in [0.2, 0.25) is 0 Å². The Labute approximate surface area is 62.9 Å². The molecule has 0 aromatic carbocycles. The maximum Gasteiger partial charge on any atom is 0.191 e. The maximum absolute atomic E-state index is 4.20. The summed E-state index contributed by atoms with van der Waals surface area (Å²) >= 11 is 0. The molecular formula is C7H17N3. The Morgan fingerprint density at radius 1 is 1.10 bits per heavy atom. The number of hydrogen-bond donors (Lipinski definition) is 2. The lowest BCUT2D eigenvalue weighted by Gasteiger charge is -2.07. The molecule has 0 heterocycles. The van der Waals surface area contributed by atoms with E-state index in [1.807, 2.05) is 6.92 Å². The van der Waals surface area contributed by atoms with E-state index in [0.29, 0.717) is 0 Å². The third kappa shape index (κ3) is 4.18. The van der Waals surface area contributed by atoms with Crippen LogP contribution in [-0.2, 0) is 0 Å². The first-order valence-electron chi connectivity index (χ1n) is 3.87. The summed E-state index contributed by atoms with van der Waals surface area (Å²) in [5.41, 5.74) is 0. The summed E-state index contributed by atoms with van der Waals surface area (Å²) in [4.78, 5) is 4.20. The number of aliphatic imine (C=N–C) groups is 1. The van der Waals surface area contributed by atoms with Crippen molar-refractivity contribution in [2.24, 2.45) is 4.99 Å². The van der Waals surface area contributed by atoms with Gasteiger partial charge in [0.05, 0.1) is 0 Å². The van der Waals surface area contributed by atoms with E-state index in [-0.39, 0.29) is 0 Å². The van der Waals surface area contributed by atoms with Crippen LogP contribution in [0.15, 0.2) is 4.99 Å².